The molecule has 7 heteroatoms. The molecule has 0 atom stereocenters. The summed E-state index contributed by atoms with van der Waals surface area (Å²) in [6.45, 7) is 3.62. The largest absolute Gasteiger partial charge is 0.376 e. The lowest BCUT2D eigenvalue weighted by atomic mass is 9.81. The highest BCUT2D eigenvalue weighted by Gasteiger charge is 2.29. The van der Waals surface area contributed by atoms with E-state index in [4.69, 9.17) is 0 Å². The summed E-state index contributed by atoms with van der Waals surface area (Å²) in [6, 6.07) is 15.0. The Morgan fingerprint density at radius 3 is 2.30 bits per heavy atom. The minimum atomic E-state index is -0.508. The molecule has 1 aromatic heterocycles. The van der Waals surface area contributed by atoms with Crippen molar-refractivity contribution in [2.24, 2.45) is 0 Å². The third kappa shape index (κ3) is 4.01. The maximum absolute atomic E-state index is 12.8. The Morgan fingerprint density at radius 2 is 1.77 bits per heavy atom. The quantitative estimate of drug-likeness (QED) is 0.814. The number of hydrogen-bond donors (Lipinski definition) is 2. The normalized spacial score (nSPS) is 13.9. The Kier molecular flexibility index (Phi) is 5.85. The van der Waals surface area contributed by atoms with E-state index in [2.05, 4.69) is 27.8 Å². The van der Waals surface area contributed by atoms with Gasteiger partial charge in [-0.3, -0.25) is 4.79 Å². The van der Waals surface area contributed by atoms with Crippen LogP contribution in [0.25, 0.3) is 0 Å². The minimum Gasteiger partial charge on any atom is -0.376 e. The van der Waals surface area contributed by atoms with Crippen molar-refractivity contribution in [2.45, 2.75) is 19.8 Å². The maximum atomic E-state index is 12.8. The number of dihydropyridines is 1. The van der Waals surface area contributed by atoms with E-state index in [0.717, 1.165) is 5.69 Å². The average molecular weight is 398 g/mol. The number of aromatic nitrogens is 1. The van der Waals surface area contributed by atoms with Crippen LogP contribution in [-0.4, -0.2) is 25.0 Å². The molecule has 2 heterocycles. The highest BCUT2D eigenvalue weighted by Crippen LogP contribution is 2.37. The second kappa shape index (κ2) is 8.50. The van der Waals surface area contributed by atoms with Gasteiger partial charge in [-0.2, -0.15) is 10.5 Å². The maximum Gasteiger partial charge on any atom is 0.256 e. The van der Waals surface area contributed by atoms with E-state index in [1.807, 2.05) is 45.0 Å². The van der Waals surface area contributed by atoms with Gasteiger partial charge in [0.2, 0.25) is 0 Å². The number of allylic oxidation sites excluding steroid dienone is 4. The standard InChI is InChI=1S/C23H22N6O/c1-14-19(11-24)22(20(12-25)15(2)27-14)16-6-5-7-17(10-16)23(30)28-21-9-8-18(13-26-21)29(3)4/h5-10,13,22,27H,1-4H3,(H,26,28,30). The molecular formula is C23H22N6O. The molecule has 7 nitrogen and oxygen atoms in total. The summed E-state index contributed by atoms with van der Waals surface area (Å²) in [4.78, 5) is 19.0. The average Bonchev–Trinajstić information content (AvgIpc) is 2.73. The van der Waals surface area contributed by atoms with Crippen LogP contribution in [0.3, 0.4) is 0 Å². The first-order chi connectivity index (χ1) is 14.3. The number of carbonyl (C=O) groups is 1. The highest BCUT2D eigenvalue weighted by molar-refractivity contribution is 6.04. The smallest absolute Gasteiger partial charge is 0.256 e. The zero-order valence-corrected chi connectivity index (χ0v) is 17.3. The van der Waals surface area contributed by atoms with Crippen LogP contribution in [0.1, 0.15) is 35.7 Å². The van der Waals surface area contributed by atoms with Gasteiger partial charge in [-0.25, -0.2) is 4.98 Å². The molecule has 0 saturated heterocycles. The van der Waals surface area contributed by atoms with Crippen LogP contribution in [-0.2, 0) is 0 Å². The number of benzene rings is 1. The fraction of sp³-hybridized carbons (Fsp3) is 0.217. The van der Waals surface area contributed by atoms with Gasteiger partial charge in [0, 0.05) is 31.1 Å². The Hall–Kier alpha value is -4.10. The van der Waals surface area contributed by atoms with E-state index in [-0.39, 0.29) is 5.91 Å². The molecule has 0 aliphatic carbocycles. The van der Waals surface area contributed by atoms with Gasteiger partial charge in [-0.1, -0.05) is 12.1 Å². The summed E-state index contributed by atoms with van der Waals surface area (Å²) < 4.78 is 0. The van der Waals surface area contributed by atoms with Crippen LogP contribution in [0.2, 0.25) is 0 Å². The first-order valence-electron chi connectivity index (χ1n) is 9.39. The number of rotatable bonds is 4. The lowest BCUT2D eigenvalue weighted by Crippen LogP contribution is -2.23. The highest BCUT2D eigenvalue weighted by atomic mass is 16.1. The fourth-order valence-electron chi connectivity index (χ4n) is 3.40. The van der Waals surface area contributed by atoms with Gasteiger partial charge in [-0.15, -0.1) is 0 Å². The van der Waals surface area contributed by atoms with Crippen molar-refractivity contribution in [1.82, 2.24) is 10.3 Å². The van der Waals surface area contributed by atoms with Gasteiger partial charge in [-0.05, 0) is 43.7 Å². The van der Waals surface area contributed by atoms with Crippen molar-refractivity contribution in [3.05, 3.63) is 76.3 Å². The van der Waals surface area contributed by atoms with Crippen molar-refractivity contribution in [3.63, 3.8) is 0 Å². The predicted octanol–water partition coefficient (Wildman–Crippen LogP) is 3.68. The number of pyridine rings is 1. The Morgan fingerprint density at radius 1 is 1.10 bits per heavy atom. The van der Waals surface area contributed by atoms with Crippen molar-refractivity contribution in [2.75, 3.05) is 24.3 Å². The Balaban J connectivity index is 1.92. The second-order valence-corrected chi connectivity index (χ2v) is 7.23. The predicted molar refractivity (Wildman–Crippen MR) is 115 cm³/mol. The number of nitrogens with one attached hydrogen (secondary N) is 2. The Bertz CT molecular complexity index is 1090. The van der Waals surface area contributed by atoms with Gasteiger partial charge < -0.3 is 15.5 Å². The molecule has 150 valence electrons. The topological polar surface area (TPSA) is 105 Å². The van der Waals surface area contributed by atoms with Crippen LogP contribution in [0.15, 0.2) is 65.1 Å². The van der Waals surface area contributed by atoms with E-state index in [1.165, 1.54) is 0 Å². The van der Waals surface area contributed by atoms with Gasteiger partial charge >= 0.3 is 0 Å². The van der Waals surface area contributed by atoms with E-state index in [0.29, 0.717) is 39.5 Å². The molecule has 0 spiro atoms. The van der Waals surface area contributed by atoms with Crippen LogP contribution in [0.5, 0.6) is 0 Å². The number of nitriles is 2. The molecule has 2 N–H and O–H groups in total. The number of amides is 1. The molecule has 1 aliphatic rings. The molecule has 0 radical (unpaired) electrons. The minimum absolute atomic E-state index is 0.311. The summed E-state index contributed by atoms with van der Waals surface area (Å²) in [5.74, 6) is -0.374. The molecule has 1 aromatic carbocycles. The van der Waals surface area contributed by atoms with Crippen LogP contribution in [0.4, 0.5) is 11.5 Å². The number of carbonyl (C=O) groups excluding carboxylic acids is 1. The van der Waals surface area contributed by atoms with Gasteiger partial charge in [0.25, 0.3) is 5.91 Å². The lowest BCUT2D eigenvalue weighted by Gasteiger charge is -2.26. The summed E-state index contributed by atoms with van der Waals surface area (Å²) in [6.07, 6.45) is 1.68. The van der Waals surface area contributed by atoms with Crippen LogP contribution < -0.4 is 15.5 Å². The number of hydrogen-bond acceptors (Lipinski definition) is 6. The third-order valence-corrected chi connectivity index (χ3v) is 4.99. The molecule has 0 fully saturated rings. The summed E-state index contributed by atoms with van der Waals surface area (Å²) in [7, 11) is 3.83. The lowest BCUT2D eigenvalue weighted by molar-refractivity contribution is 0.102. The summed E-state index contributed by atoms with van der Waals surface area (Å²) >= 11 is 0. The monoisotopic (exact) mass is 398 g/mol. The molecule has 1 amide bonds. The van der Waals surface area contributed by atoms with Crippen molar-refractivity contribution < 1.29 is 4.79 Å². The van der Waals surface area contributed by atoms with Gasteiger partial charge in [0.05, 0.1) is 41.1 Å². The van der Waals surface area contributed by atoms with Crippen LogP contribution >= 0.6 is 0 Å². The van der Waals surface area contributed by atoms with E-state index >= 15 is 0 Å². The van der Waals surface area contributed by atoms with E-state index in [9.17, 15) is 15.3 Å². The molecular weight excluding hydrogens is 376 g/mol. The summed E-state index contributed by atoms with van der Waals surface area (Å²) in [5, 5.41) is 25.2. The van der Waals surface area contributed by atoms with Gasteiger partial charge in [0.15, 0.2) is 0 Å². The van der Waals surface area contributed by atoms with Crippen LogP contribution in [0, 0.1) is 22.7 Å². The van der Waals surface area contributed by atoms with Gasteiger partial charge in [0.1, 0.15) is 5.82 Å². The molecule has 0 bridgehead atoms. The fourth-order valence-corrected chi connectivity index (χ4v) is 3.40. The first-order valence-corrected chi connectivity index (χ1v) is 9.39. The first kappa shape index (κ1) is 20.6. The number of anilines is 2. The molecule has 2 aromatic rings. The van der Waals surface area contributed by atoms with E-state index in [1.54, 1.807) is 30.5 Å². The zero-order chi connectivity index (χ0) is 21.8. The molecule has 0 saturated carbocycles. The molecule has 1 aliphatic heterocycles. The Labute approximate surface area is 176 Å². The molecule has 0 unspecified atom stereocenters. The van der Waals surface area contributed by atoms with Crippen molar-refractivity contribution in [1.29, 1.82) is 10.5 Å². The summed E-state index contributed by atoms with van der Waals surface area (Å²) in [5.41, 5.74) is 4.42. The van der Waals surface area contributed by atoms with Crippen molar-refractivity contribution in [3.8, 4) is 12.1 Å². The third-order valence-electron chi connectivity index (χ3n) is 4.99. The zero-order valence-electron chi connectivity index (χ0n) is 17.3. The second-order valence-electron chi connectivity index (χ2n) is 7.23. The van der Waals surface area contributed by atoms with Crippen molar-refractivity contribution >= 4 is 17.4 Å². The van der Waals surface area contributed by atoms with E-state index < -0.39 is 5.92 Å². The molecule has 30 heavy (non-hydrogen) atoms. The SMILES string of the molecule is CC1=C(C#N)C(c2cccc(C(=O)Nc3ccc(N(C)C)cn3)c2)C(C#N)=C(C)N1. The number of nitrogens with zero attached hydrogens (tertiary/aromatic N) is 4. The molecule has 3 rings (SSSR count).